The zero-order valence-electron chi connectivity index (χ0n) is 10.1. The van der Waals surface area contributed by atoms with E-state index in [0.717, 1.165) is 0 Å². The molecule has 5 nitrogen and oxygen atoms in total. The molecule has 3 N–H and O–H groups in total. The van der Waals surface area contributed by atoms with Gasteiger partial charge in [-0.05, 0) is 12.8 Å². The second-order valence-corrected chi connectivity index (χ2v) is 3.80. The maximum atomic E-state index is 11.7. The Labute approximate surface area is 91.5 Å². The number of hydrogen-bond acceptors (Lipinski definition) is 3. The predicted molar refractivity (Wildman–Crippen MR) is 57.4 cm³/mol. The lowest BCUT2D eigenvalue weighted by atomic mass is 9.91. The van der Waals surface area contributed by atoms with E-state index in [9.17, 15) is 9.59 Å². The number of primary amides is 1. The fourth-order valence-electron chi connectivity index (χ4n) is 2.07. The van der Waals surface area contributed by atoms with Crippen LogP contribution in [0, 0.1) is 11.8 Å². The fraction of sp³-hybridized carbons (Fsp3) is 0.778. The van der Waals surface area contributed by atoms with E-state index in [1.165, 1.54) is 0 Å². The molecule has 1 aliphatic rings. The van der Waals surface area contributed by atoms with Crippen LogP contribution in [0.2, 0.25) is 8.23 Å². The standard InChI is InChI=1S/C9H17BN2O3/c1-10-12-9(14)7-4-5(15-2)3-6(7)8(11)13/h5-7,10H,3-4H2,1-2H3,(H2,11,13)(H,12,14)/t5-,6-,7-/m0/s1/i/hD. The molecule has 84 valence electrons. The molecule has 1 saturated carbocycles. The third-order valence-electron chi connectivity index (χ3n) is 2.88. The molecule has 0 heterocycles. The molecule has 2 amide bonds. The fourth-order valence-corrected chi connectivity index (χ4v) is 2.07. The van der Waals surface area contributed by atoms with Crippen molar-refractivity contribution in [1.82, 2.24) is 5.23 Å². The molecule has 15 heavy (non-hydrogen) atoms. The first kappa shape index (κ1) is 10.5. The number of hydrogen-bond donors (Lipinski definition) is 2. The number of carbonyl (C=O) groups excluding carboxylic acids is 2. The minimum atomic E-state index is -0.450. The Hall–Kier alpha value is -1.04. The lowest BCUT2D eigenvalue weighted by molar-refractivity contribution is -0.131. The SMILES string of the molecule is [2H]NC(=O)[C@H]1C[C@H](OC)C[C@@H]1C(=O)NBC. The zero-order chi connectivity index (χ0) is 12.1. The topological polar surface area (TPSA) is 81.4 Å². The summed E-state index contributed by atoms with van der Waals surface area (Å²) in [5.41, 5.74) is 1.85. The molecule has 0 saturated heterocycles. The van der Waals surface area contributed by atoms with Gasteiger partial charge >= 0.3 is 0 Å². The number of rotatable bonds is 4. The summed E-state index contributed by atoms with van der Waals surface area (Å²) in [6.45, 7) is 1.83. The van der Waals surface area contributed by atoms with Crippen molar-refractivity contribution < 1.29 is 15.7 Å². The van der Waals surface area contributed by atoms with E-state index in [1.54, 1.807) is 7.11 Å². The quantitative estimate of drug-likeness (QED) is 0.589. The number of amides is 2. The van der Waals surface area contributed by atoms with Crippen LogP contribution in [0.25, 0.3) is 0 Å². The molecule has 0 aromatic heterocycles. The summed E-state index contributed by atoms with van der Waals surface area (Å²) in [4.78, 5) is 23.2. The van der Waals surface area contributed by atoms with Crippen molar-refractivity contribution in [3.63, 3.8) is 0 Å². The van der Waals surface area contributed by atoms with Crippen molar-refractivity contribution in [2.24, 2.45) is 17.6 Å². The van der Waals surface area contributed by atoms with E-state index in [4.69, 9.17) is 6.15 Å². The van der Waals surface area contributed by atoms with Crippen LogP contribution in [0.5, 0.6) is 0 Å². The molecule has 0 spiro atoms. The average Bonchev–Trinajstić information content (AvgIpc) is 2.72. The number of nitrogens with two attached hydrogens (primary N) is 1. The van der Waals surface area contributed by atoms with E-state index in [2.05, 4.69) is 5.23 Å². The Morgan fingerprint density at radius 2 is 2.20 bits per heavy atom. The molecule has 0 bridgehead atoms. The van der Waals surface area contributed by atoms with E-state index in [1.807, 2.05) is 12.5 Å². The maximum absolute atomic E-state index is 11.7. The van der Waals surface area contributed by atoms with Gasteiger partial charge in [-0.2, -0.15) is 0 Å². The van der Waals surface area contributed by atoms with Crippen LogP contribution in [-0.2, 0) is 14.3 Å². The Kier molecular flexibility index (Phi) is 3.61. The number of ether oxygens (including phenoxy) is 1. The lowest BCUT2D eigenvalue weighted by Crippen LogP contribution is -2.38. The number of methoxy groups -OCH3 is 1. The van der Waals surface area contributed by atoms with Gasteiger partial charge in [-0.15, -0.1) is 0 Å². The summed E-state index contributed by atoms with van der Waals surface area (Å²) in [7, 11) is 2.11. The molecule has 3 atom stereocenters. The van der Waals surface area contributed by atoms with Crippen LogP contribution in [0.1, 0.15) is 12.8 Å². The van der Waals surface area contributed by atoms with Gasteiger partial charge in [0.1, 0.15) is 0 Å². The van der Waals surface area contributed by atoms with E-state index in [-0.39, 0.29) is 17.9 Å². The van der Waals surface area contributed by atoms with Crippen LogP contribution < -0.4 is 11.0 Å². The molecule has 1 aliphatic carbocycles. The highest BCUT2D eigenvalue weighted by atomic mass is 16.5. The molecular formula is C9H17BN2O3. The average molecular weight is 213 g/mol. The van der Waals surface area contributed by atoms with Crippen LogP contribution >= 0.6 is 0 Å². The Bertz CT molecular complexity index is 277. The third kappa shape index (κ3) is 2.71. The minimum absolute atomic E-state index is 0.0742. The molecule has 0 unspecified atom stereocenters. The largest absolute Gasteiger partial charge is 0.403 e. The highest BCUT2D eigenvalue weighted by Gasteiger charge is 2.41. The van der Waals surface area contributed by atoms with Crippen LogP contribution in [0.3, 0.4) is 0 Å². The van der Waals surface area contributed by atoms with Gasteiger partial charge in [-0.25, -0.2) is 0 Å². The van der Waals surface area contributed by atoms with E-state index >= 15 is 0 Å². The van der Waals surface area contributed by atoms with Gasteiger partial charge in [0.25, 0.3) is 0 Å². The van der Waals surface area contributed by atoms with Crippen molar-refractivity contribution in [3.05, 3.63) is 0 Å². The molecule has 1 fully saturated rings. The highest BCUT2D eigenvalue weighted by molar-refractivity contribution is 6.35. The molecule has 6 heteroatoms. The van der Waals surface area contributed by atoms with Crippen molar-refractivity contribution in [2.75, 3.05) is 7.11 Å². The molecular weight excluding hydrogens is 195 g/mol. The summed E-state index contributed by atoms with van der Waals surface area (Å²) in [6.07, 6.45) is 0.971. The monoisotopic (exact) mass is 213 g/mol. The highest BCUT2D eigenvalue weighted by Crippen LogP contribution is 2.33. The predicted octanol–water partition coefficient (Wildman–Crippen LogP) is -0.971. The van der Waals surface area contributed by atoms with Gasteiger partial charge in [0.15, 0.2) is 1.41 Å². The second-order valence-electron chi connectivity index (χ2n) is 3.80. The second kappa shape index (κ2) is 5.16. The Morgan fingerprint density at radius 1 is 1.53 bits per heavy atom. The van der Waals surface area contributed by atoms with Crippen molar-refractivity contribution in [3.8, 4) is 0 Å². The first-order valence-electron chi connectivity index (χ1n) is 5.66. The van der Waals surface area contributed by atoms with Gasteiger partial charge in [-0.1, -0.05) is 6.82 Å². The van der Waals surface area contributed by atoms with Crippen molar-refractivity contribution in [1.29, 1.82) is 0 Å². The van der Waals surface area contributed by atoms with Gasteiger partial charge < -0.3 is 15.7 Å². The number of nitrogens with one attached hydrogen (secondary N) is 1. The smallest absolute Gasteiger partial charge is 0.232 e. The summed E-state index contributed by atoms with van der Waals surface area (Å²) in [6, 6.07) is 0. The minimum Gasteiger partial charge on any atom is -0.403 e. The number of carbonyl (C=O) groups is 2. The van der Waals surface area contributed by atoms with Crippen LogP contribution in [0.4, 0.5) is 0 Å². The Morgan fingerprint density at radius 3 is 2.73 bits per heavy atom. The zero-order valence-corrected chi connectivity index (χ0v) is 9.08. The van der Waals surface area contributed by atoms with Crippen LogP contribution in [-0.4, -0.2) is 32.4 Å². The molecule has 0 radical (unpaired) electrons. The summed E-state index contributed by atoms with van der Waals surface area (Å²) >= 11 is 0. The van der Waals surface area contributed by atoms with Crippen molar-refractivity contribution in [2.45, 2.75) is 25.8 Å². The van der Waals surface area contributed by atoms with Gasteiger partial charge in [0.2, 0.25) is 19.2 Å². The summed E-state index contributed by atoms with van der Waals surface area (Å²) in [5.74, 6) is -1.37. The third-order valence-corrected chi connectivity index (χ3v) is 2.88. The molecule has 0 aliphatic heterocycles. The van der Waals surface area contributed by atoms with Gasteiger partial charge in [0.05, 0.1) is 17.9 Å². The van der Waals surface area contributed by atoms with E-state index < -0.39 is 11.8 Å². The van der Waals surface area contributed by atoms with Gasteiger partial charge in [-0.3, -0.25) is 9.59 Å². The molecule has 0 aromatic carbocycles. The van der Waals surface area contributed by atoms with Crippen molar-refractivity contribution >= 4 is 19.2 Å². The first-order valence-corrected chi connectivity index (χ1v) is 5.16. The summed E-state index contributed by atoms with van der Waals surface area (Å²) < 4.78 is 12.0. The normalized spacial score (nSPS) is 30.5. The molecule has 0 aromatic rings. The maximum Gasteiger partial charge on any atom is 0.232 e. The van der Waals surface area contributed by atoms with Gasteiger partial charge in [0, 0.05) is 7.11 Å². The first-order chi connectivity index (χ1) is 7.63. The van der Waals surface area contributed by atoms with Crippen LogP contribution in [0.15, 0.2) is 0 Å². The lowest BCUT2D eigenvalue weighted by Gasteiger charge is -2.14. The Balaban J connectivity index is 2.71. The van der Waals surface area contributed by atoms with E-state index in [0.29, 0.717) is 20.3 Å². The summed E-state index contributed by atoms with van der Waals surface area (Å²) in [5, 5.41) is 2.71. The molecule has 1 rings (SSSR count).